The fourth-order valence-electron chi connectivity index (χ4n) is 1.99. The van der Waals surface area contributed by atoms with Crippen LogP contribution in [0.2, 0.25) is 5.02 Å². The van der Waals surface area contributed by atoms with Crippen LogP contribution in [0, 0.1) is 20.2 Å². The summed E-state index contributed by atoms with van der Waals surface area (Å²) in [6.07, 6.45) is 0. The molecule has 0 fully saturated rings. The van der Waals surface area contributed by atoms with Gasteiger partial charge in [-0.05, 0) is 28.5 Å². The van der Waals surface area contributed by atoms with Gasteiger partial charge in [-0.15, -0.1) is 0 Å². The predicted molar refractivity (Wildman–Crippen MR) is 79.8 cm³/mol. The van der Waals surface area contributed by atoms with Gasteiger partial charge in [0.2, 0.25) is 5.52 Å². The van der Waals surface area contributed by atoms with E-state index in [9.17, 15) is 20.2 Å². The molecule has 11 heteroatoms. The van der Waals surface area contributed by atoms with Crippen LogP contribution in [-0.2, 0) is 0 Å². The van der Waals surface area contributed by atoms with Crippen molar-refractivity contribution < 1.29 is 14.5 Å². The Kier molecular flexibility index (Phi) is 3.50. The number of benzene rings is 2. The largest absolute Gasteiger partial charge is 0.353 e. The molecule has 0 saturated carbocycles. The lowest BCUT2D eigenvalue weighted by Gasteiger charge is -2.06. The summed E-state index contributed by atoms with van der Waals surface area (Å²) >= 11 is 5.75. The van der Waals surface area contributed by atoms with Gasteiger partial charge < -0.3 is 5.32 Å². The van der Waals surface area contributed by atoms with Gasteiger partial charge in [-0.3, -0.25) is 20.2 Å². The first-order chi connectivity index (χ1) is 11.0. The number of hydrogen-bond donors (Lipinski definition) is 1. The van der Waals surface area contributed by atoms with Crippen LogP contribution in [0.5, 0.6) is 0 Å². The van der Waals surface area contributed by atoms with Crippen LogP contribution >= 0.6 is 11.6 Å². The van der Waals surface area contributed by atoms with Crippen molar-refractivity contribution in [1.29, 1.82) is 0 Å². The number of fused-ring (bicyclic) bond motifs is 1. The quantitative estimate of drug-likeness (QED) is 0.565. The second-order valence-electron chi connectivity index (χ2n) is 4.40. The summed E-state index contributed by atoms with van der Waals surface area (Å²) < 4.78 is 4.54. The van der Waals surface area contributed by atoms with Crippen molar-refractivity contribution >= 4 is 45.4 Å². The van der Waals surface area contributed by atoms with Gasteiger partial charge in [0.15, 0.2) is 5.52 Å². The summed E-state index contributed by atoms with van der Waals surface area (Å²) in [5.41, 5.74) is 0.296. The molecule has 0 aliphatic carbocycles. The van der Waals surface area contributed by atoms with Crippen molar-refractivity contribution in [3.8, 4) is 0 Å². The van der Waals surface area contributed by atoms with E-state index in [0.717, 1.165) is 0 Å². The monoisotopic (exact) mass is 335 g/mol. The molecular weight excluding hydrogens is 330 g/mol. The maximum Gasteiger partial charge on any atom is 0.300 e. The minimum atomic E-state index is -0.614. The summed E-state index contributed by atoms with van der Waals surface area (Å²) in [6, 6.07) is 6.77. The van der Waals surface area contributed by atoms with Crippen molar-refractivity contribution in [2.45, 2.75) is 0 Å². The Labute approximate surface area is 131 Å². The first-order valence-corrected chi connectivity index (χ1v) is 6.46. The molecule has 0 aliphatic heterocycles. The third-order valence-electron chi connectivity index (χ3n) is 3.01. The first kappa shape index (κ1) is 14.7. The molecule has 0 atom stereocenters. The average molecular weight is 336 g/mol. The summed E-state index contributed by atoms with van der Waals surface area (Å²) in [6.45, 7) is 0. The lowest BCUT2D eigenvalue weighted by atomic mass is 10.2. The van der Waals surface area contributed by atoms with Gasteiger partial charge >= 0.3 is 5.69 Å². The Hall–Kier alpha value is -3.27. The standard InChI is InChI=1S/C12H6ClN5O5/c13-7-2-1-6(5-10(7)18(21)22)14-8-3-4-9(17(19)20)12-11(8)15-23-16-12/h1-5,14H. The maximum absolute atomic E-state index is 10.9. The number of non-ortho nitro benzene ring substituents is 1. The molecule has 1 N–H and O–H groups in total. The number of nitrogens with zero attached hydrogens (tertiary/aromatic N) is 4. The first-order valence-electron chi connectivity index (χ1n) is 6.08. The zero-order valence-electron chi connectivity index (χ0n) is 11.1. The smallest absolute Gasteiger partial charge is 0.300 e. The summed E-state index contributed by atoms with van der Waals surface area (Å²) in [5, 5.41) is 31.8. The molecule has 1 aromatic heterocycles. The lowest BCUT2D eigenvalue weighted by Crippen LogP contribution is -1.96. The minimum absolute atomic E-state index is 0.00232. The van der Waals surface area contributed by atoms with Gasteiger partial charge in [0, 0.05) is 17.8 Å². The van der Waals surface area contributed by atoms with Crippen molar-refractivity contribution in [3.05, 3.63) is 55.6 Å². The summed E-state index contributed by atoms with van der Waals surface area (Å²) in [5.74, 6) is 0. The number of rotatable bonds is 4. The highest BCUT2D eigenvalue weighted by atomic mass is 35.5. The highest BCUT2D eigenvalue weighted by Crippen LogP contribution is 2.33. The Balaban J connectivity index is 2.04. The fourth-order valence-corrected chi connectivity index (χ4v) is 2.17. The molecule has 3 aromatic rings. The Bertz CT molecular complexity index is 941. The second-order valence-corrected chi connectivity index (χ2v) is 4.81. The predicted octanol–water partition coefficient (Wildman–Crippen LogP) is 3.44. The molecule has 0 spiro atoms. The van der Waals surface area contributed by atoms with Crippen LogP contribution < -0.4 is 5.32 Å². The van der Waals surface area contributed by atoms with Crippen LogP contribution in [0.3, 0.4) is 0 Å². The van der Waals surface area contributed by atoms with Crippen LogP contribution in [0.25, 0.3) is 11.0 Å². The number of aromatic nitrogens is 2. The molecule has 0 bridgehead atoms. The highest BCUT2D eigenvalue weighted by molar-refractivity contribution is 6.32. The zero-order valence-corrected chi connectivity index (χ0v) is 11.9. The molecule has 3 rings (SSSR count). The van der Waals surface area contributed by atoms with E-state index in [0.29, 0.717) is 11.4 Å². The molecule has 0 unspecified atom stereocenters. The van der Waals surface area contributed by atoms with E-state index >= 15 is 0 Å². The zero-order chi connectivity index (χ0) is 16.6. The number of nitro benzene ring substituents is 2. The normalized spacial score (nSPS) is 10.7. The molecular formula is C12H6ClN5O5. The van der Waals surface area contributed by atoms with E-state index < -0.39 is 9.85 Å². The fraction of sp³-hybridized carbons (Fsp3) is 0. The van der Waals surface area contributed by atoms with Crippen molar-refractivity contribution in [3.63, 3.8) is 0 Å². The maximum atomic E-state index is 10.9. The number of nitrogens with one attached hydrogen (secondary N) is 1. The number of hydrogen-bond acceptors (Lipinski definition) is 8. The van der Waals surface area contributed by atoms with E-state index in [1.807, 2.05) is 0 Å². The van der Waals surface area contributed by atoms with Crippen LogP contribution in [-0.4, -0.2) is 20.2 Å². The van der Waals surface area contributed by atoms with Gasteiger partial charge in [-0.25, -0.2) is 4.63 Å². The van der Waals surface area contributed by atoms with Crippen molar-refractivity contribution in [2.24, 2.45) is 0 Å². The average Bonchev–Trinajstić information content (AvgIpc) is 2.98. The van der Waals surface area contributed by atoms with E-state index in [1.54, 1.807) is 0 Å². The highest BCUT2D eigenvalue weighted by Gasteiger charge is 2.20. The summed E-state index contributed by atoms with van der Waals surface area (Å²) in [7, 11) is 0. The molecule has 0 aliphatic rings. The molecule has 10 nitrogen and oxygen atoms in total. The van der Waals surface area contributed by atoms with Crippen LogP contribution in [0.4, 0.5) is 22.7 Å². The van der Waals surface area contributed by atoms with E-state index in [4.69, 9.17) is 11.6 Å². The van der Waals surface area contributed by atoms with Gasteiger partial charge in [0.05, 0.1) is 15.5 Å². The number of halogens is 1. The van der Waals surface area contributed by atoms with E-state index in [-0.39, 0.29) is 27.4 Å². The molecule has 0 radical (unpaired) electrons. The van der Waals surface area contributed by atoms with E-state index in [1.165, 1.54) is 30.3 Å². The molecule has 23 heavy (non-hydrogen) atoms. The van der Waals surface area contributed by atoms with E-state index in [2.05, 4.69) is 20.3 Å². The molecule has 116 valence electrons. The van der Waals surface area contributed by atoms with Crippen LogP contribution in [0.15, 0.2) is 35.0 Å². The minimum Gasteiger partial charge on any atom is -0.353 e. The van der Waals surface area contributed by atoms with Crippen molar-refractivity contribution in [2.75, 3.05) is 5.32 Å². The SMILES string of the molecule is O=[N+]([O-])c1cc(Nc2ccc([N+](=O)[O-])c3nonc23)ccc1Cl. The van der Waals surface area contributed by atoms with Gasteiger partial charge in [0.25, 0.3) is 5.69 Å². The second kappa shape index (κ2) is 5.50. The van der Waals surface area contributed by atoms with Crippen molar-refractivity contribution in [1.82, 2.24) is 10.3 Å². The lowest BCUT2D eigenvalue weighted by molar-refractivity contribution is -0.384. The van der Waals surface area contributed by atoms with Gasteiger partial charge in [-0.2, -0.15) is 0 Å². The Morgan fingerprint density at radius 1 is 1.00 bits per heavy atom. The van der Waals surface area contributed by atoms with Crippen LogP contribution in [0.1, 0.15) is 0 Å². The number of nitro groups is 2. The molecule has 0 amide bonds. The Morgan fingerprint density at radius 2 is 1.70 bits per heavy atom. The molecule has 1 heterocycles. The topological polar surface area (TPSA) is 137 Å². The summed E-state index contributed by atoms with van der Waals surface area (Å²) in [4.78, 5) is 20.6. The molecule has 0 saturated heterocycles. The number of anilines is 2. The van der Waals surface area contributed by atoms with Gasteiger partial charge in [0.1, 0.15) is 5.02 Å². The third-order valence-corrected chi connectivity index (χ3v) is 3.33. The van der Waals surface area contributed by atoms with Gasteiger partial charge in [-0.1, -0.05) is 11.6 Å². The third kappa shape index (κ3) is 2.62. The Morgan fingerprint density at radius 3 is 2.39 bits per heavy atom. The molecule has 2 aromatic carbocycles.